The van der Waals surface area contributed by atoms with Gasteiger partial charge in [-0.05, 0) is 31.2 Å². The molecule has 0 aliphatic heterocycles. The largest absolute Gasteiger partial charge is 0.497 e. The second-order valence-corrected chi connectivity index (χ2v) is 7.83. The van der Waals surface area contributed by atoms with E-state index >= 15 is 0 Å². The minimum absolute atomic E-state index is 0.0205. The summed E-state index contributed by atoms with van der Waals surface area (Å²) in [6.07, 6.45) is 3.78. The molecule has 2 aromatic heterocycles. The van der Waals surface area contributed by atoms with Crippen LogP contribution in [0.2, 0.25) is 0 Å². The molecule has 3 aromatic rings. The molecule has 0 bridgehead atoms. The SMILES string of the molecule is COc1ccc(OC)c(S(=O)(=O)NCCNc2cc(-n3cccc3)nc(C)n2)c1. The molecule has 0 spiro atoms. The number of nitrogens with one attached hydrogen (secondary N) is 2. The third-order valence-electron chi connectivity index (χ3n) is 4.08. The number of nitrogens with zero attached hydrogens (tertiary/aromatic N) is 3. The van der Waals surface area contributed by atoms with Gasteiger partial charge in [-0.25, -0.2) is 23.1 Å². The molecule has 2 heterocycles. The molecule has 0 unspecified atom stereocenters. The van der Waals surface area contributed by atoms with Crippen molar-refractivity contribution in [2.75, 3.05) is 32.6 Å². The van der Waals surface area contributed by atoms with E-state index in [-0.39, 0.29) is 17.2 Å². The molecule has 154 valence electrons. The first-order valence-corrected chi connectivity index (χ1v) is 10.4. The van der Waals surface area contributed by atoms with Crippen molar-refractivity contribution in [3.8, 4) is 17.3 Å². The van der Waals surface area contributed by atoms with Crippen LogP contribution in [0.1, 0.15) is 5.82 Å². The van der Waals surface area contributed by atoms with Crippen LogP contribution in [0, 0.1) is 6.92 Å². The lowest BCUT2D eigenvalue weighted by Crippen LogP contribution is -2.29. The van der Waals surface area contributed by atoms with Crippen LogP contribution in [-0.4, -0.2) is 50.3 Å². The fourth-order valence-corrected chi connectivity index (χ4v) is 3.92. The minimum atomic E-state index is -3.77. The number of hydrogen-bond acceptors (Lipinski definition) is 7. The van der Waals surface area contributed by atoms with Crippen LogP contribution in [-0.2, 0) is 10.0 Å². The van der Waals surface area contributed by atoms with Gasteiger partial charge in [0.2, 0.25) is 10.0 Å². The summed E-state index contributed by atoms with van der Waals surface area (Å²) in [6, 6.07) is 10.2. The summed E-state index contributed by atoms with van der Waals surface area (Å²) in [4.78, 5) is 8.75. The first-order chi connectivity index (χ1) is 13.9. The summed E-state index contributed by atoms with van der Waals surface area (Å²) in [6.45, 7) is 2.30. The fraction of sp³-hybridized carbons (Fsp3) is 0.263. The zero-order valence-electron chi connectivity index (χ0n) is 16.4. The zero-order chi connectivity index (χ0) is 20.9. The zero-order valence-corrected chi connectivity index (χ0v) is 17.2. The molecular weight excluding hydrogens is 394 g/mol. The van der Waals surface area contributed by atoms with Crippen LogP contribution >= 0.6 is 0 Å². The van der Waals surface area contributed by atoms with Gasteiger partial charge in [0.05, 0.1) is 14.2 Å². The summed E-state index contributed by atoms with van der Waals surface area (Å²) in [5.74, 6) is 2.62. The Kier molecular flexibility index (Phi) is 6.35. The number of anilines is 1. The number of benzene rings is 1. The van der Waals surface area contributed by atoms with Crippen molar-refractivity contribution in [3.05, 3.63) is 54.6 Å². The predicted octanol–water partition coefficient (Wildman–Crippen LogP) is 1.98. The van der Waals surface area contributed by atoms with E-state index in [9.17, 15) is 8.42 Å². The molecule has 9 nitrogen and oxygen atoms in total. The lowest BCUT2D eigenvalue weighted by molar-refractivity contribution is 0.392. The molecule has 29 heavy (non-hydrogen) atoms. The van der Waals surface area contributed by atoms with Gasteiger partial charge in [0, 0.05) is 37.6 Å². The molecule has 0 radical (unpaired) electrons. The van der Waals surface area contributed by atoms with E-state index in [1.54, 1.807) is 25.1 Å². The maximum atomic E-state index is 12.7. The number of sulfonamides is 1. The molecule has 0 saturated heterocycles. The number of ether oxygens (including phenoxy) is 2. The summed E-state index contributed by atoms with van der Waals surface area (Å²) in [7, 11) is -0.881. The van der Waals surface area contributed by atoms with E-state index in [0.717, 1.165) is 5.82 Å². The van der Waals surface area contributed by atoms with Crippen molar-refractivity contribution in [1.29, 1.82) is 0 Å². The highest BCUT2D eigenvalue weighted by molar-refractivity contribution is 7.89. The van der Waals surface area contributed by atoms with Crippen LogP contribution in [0.25, 0.3) is 5.82 Å². The van der Waals surface area contributed by atoms with Crippen molar-refractivity contribution < 1.29 is 17.9 Å². The molecular formula is C19H23N5O4S. The number of hydrogen-bond donors (Lipinski definition) is 2. The number of rotatable bonds is 9. The topological polar surface area (TPSA) is 107 Å². The smallest absolute Gasteiger partial charge is 0.244 e. The summed E-state index contributed by atoms with van der Waals surface area (Å²) >= 11 is 0. The standard InChI is InChI=1S/C19H23N5O4S/c1-14-22-18(13-19(23-14)24-10-4-5-11-24)20-8-9-21-29(25,26)17-12-15(27-2)6-7-16(17)28-3/h4-7,10-13,21H,8-9H2,1-3H3,(H,20,22,23). The molecule has 0 saturated carbocycles. The molecule has 3 rings (SSSR count). The maximum Gasteiger partial charge on any atom is 0.244 e. The Labute approximate surface area is 169 Å². The van der Waals surface area contributed by atoms with Crippen molar-refractivity contribution in [2.45, 2.75) is 11.8 Å². The van der Waals surface area contributed by atoms with Crippen molar-refractivity contribution >= 4 is 15.8 Å². The van der Waals surface area contributed by atoms with Gasteiger partial charge in [0.1, 0.15) is 33.9 Å². The van der Waals surface area contributed by atoms with Crippen molar-refractivity contribution in [2.24, 2.45) is 0 Å². The van der Waals surface area contributed by atoms with Crippen molar-refractivity contribution in [3.63, 3.8) is 0 Å². The third kappa shape index (κ3) is 5.04. The lowest BCUT2D eigenvalue weighted by Gasteiger charge is -2.13. The van der Waals surface area contributed by atoms with Crippen LogP contribution in [0.15, 0.2) is 53.7 Å². The molecule has 10 heteroatoms. The van der Waals surface area contributed by atoms with Gasteiger partial charge in [-0.2, -0.15) is 0 Å². The van der Waals surface area contributed by atoms with Gasteiger partial charge < -0.3 is 19.4 Å². The quantitative estimate of drug-likeness (QED) is 0.513. The summed E-state index contributed by atoms with van der Waals surface area (Å²) in [5.41, 5.74) is 0. The van der Waals surface area contributed by atoms with E-state index in [4.69, 9.17) is 9.47 Å². The first-order valence-electron chi connectivity index (χ1n) is 8.87. The van der Waals surface area contributed by atoms with Gasteiger partial charge >= 0.3 is 0 Å². The Bertz CT molecular complexity index is 1070. The second kappa shape index (κ2) is 8.93. The highest BCUT2D eigenvalue weighted by Gasteiger charge is 2.20. The molecule has 1 aromatic carbocycles. The Balaban J connectivity index is 1.65. The molecule has 0 aliphatic carbocycles. The highest BCUT2D eigenvalue weighted by atomic mass is 32.2. The number of methoxy groups -OCH3 is 2. The average molecular weight is 417 g/mol. The van der Waals surface area contributed by atoms with Gasteiger partial charge in [-0.3, -0.25) is 0 Å². The number of aryl methyl sites for hydroxylation is 1. The van der Waals surface area contributed by atoms with Gasteiger partial charge in [0.25, 0.3) is 0 Å². The maximum absolute atomic E-state index is 12.7. The minimum Gasteiger partial charge on any atom is -0.497 e. The van der Waals surface area contributed by atoms with Gasteiger partial charge in [-0.15, -0.1) is 0 Å². The molecule has 0 aliphatic rings. The predicted molar refractivity (Wildman–Crippen MR) is 109 cm³/mol. The van der Waals surface area contributed by atoms with E-state index in [2.05, 4.69) is 20.0 Å². The Morgan fingerprint density at radius 1 is 1.03 bits per heavy atom. The molecule has 0 fully saturated rings. The van der Waals surface area contributed by atoms with E-state index in [0.29, 0.717) is 23.9 Å². The monoisotopic (exact) mass is 417 g/mol. The fourth-order valence-electron chi connectivity index (χ4n) is 2.71. The lowest BCUT2D eigenvalue weighted by atomic mass is 10.3. The average Bonchev–Trinajstić information content (AvgIpc) is 3.25. The Morgan fingerprint density at radius 2 is 1.79 bits per heavy atom. The third-order valence-corrected chi connectivity index (χ3v) is 5.56. The first kappa shape index (κ1) is 20.6. The van der Waals surface area contributed by atoms with E-state index in [1.165, 1.54) is 20.3 Å². The Morgan fingerprint density at radius 3 is 2.48 bits per heavy atom. The highest BCUT2D eigenvalue weighted by Crippen LogP contribution is 2.27. The molecule has 0 atom stereocenters. The van der Waals surface area contributed by atoms with E-state index in [1.807, 2.05) is 29.1 Å². The second-order valence-electron chi connectivity index (χ2n) is 6.09. The number of aromatic nitrogens is 3. The van der Waals surface area contributed by atoms with Gasteiger partial charge in [0.15, 0.2) is 0 Å². The Hall–Kier alpha value is -3.11. The molecule has 0 amide bonds. The van der Waals surface area contributed by atoms with Crippen molar-refractivity contribution in [1.82, 2.24) is 19.3 Å². The summed E-state index contributed by atoms with van der Waals surface area (Å²) < 4.78 is 40.0. The molecule has 2 N–H and O–H groups in total. The van der Waals surface area contributed by atoms with Crippen LogP contribution < -0.4 is 19.5 Å². The van der Waals surface area contributed by atoms with E-state index < -0.39 is 10.0 Å². The van der Waals surface area contributed by atoms with Crippen LogP contribution in [0.5, 0.6) is 11.5 Å². The van der Waals surface area contributed by atoms with Crippen LogP contribution in [0.3, 0.4) is 0 Å². The van der Waals surface area contributed by atoms with Crippen LogP contribution in [0.4, 0.5) is 5.82 Å². The summed E-state index contributed by atoms with van der Waals surface area (Å²) in [5, 5.41) is 3.12. The normalized spacial score (nSPS) is 11.3. The van der Waals surface area contributed by atoms with Gasteiger partial charge in [-0.1, -0.05) is 0 Å².